The number of aliphatic carboxylic acids is 1. The molecule has 0 radical (unpaired) electrons. The maximum atomic E-state index is 12.4. The summed E-state index contributed by atoms with van der Waals surface area (Å²) in [4.78, 5) is 47.7. The van der Waals surface area contributed by atoms with Crippen molar-refractivity contribution >= 4 is 45.2 Å². The third-order valence-corrected chi connectivity index (χ3v) is 5.45. The number of alkyl carbamates (subject to hydrolysis) is 1. The van der Waals surface area contributed by atoms with Crippen LogP contribution in [0.2, 0.25) is 0 Å². The van der Waals surface area contributed by atoms with Gasteiger partial charge in [-0.3, -0.25) is 14.4 Å². The number of hydrogen-bond acceptors (Lipinski definition) is 7. The van der Waals surface area contributed by atoms with Gasteiger partial charge in [-0.1, -0.05) is 42.5 Å². The number of hydrogen-bond donors (Lipinski definition) is 2. The molecule has 0 fully saturated rings. The summed E-state index contributed by atoms with van der Waals surface area (Å²) in [6.07, 6.45) is -1.63. The van der Waals surface area contributed by atoms with Crippen LogP contribution in [0.25, 0.3) is 10.1 Å². The van der Waals surface area contributed by atoms with Crippen molar-refractivity contribution in [1.29, 1.82) is 0 Å². The minimum Gasteiger partial charge on any atom is -0.481 e. The molecule has 2 N–H and O–H groups in total. The van der Waals surface area contributed by atoms with Crippen LogP contribution in [0.5, 0.6) is 0 Å². The van der Waals surface area contributed by atoms with E-state index in [2.05, 4.69) is 5.32 Å². The molecule has 0 spiro atoms. The van der Waals surface area contributed by atoms with Crippen LogP contribution in [-0.4, -0.2) is 41.6 Å². The molecule has 1 aromatic heterocycles. The van der Waals surface area contributed by atoms with Gasteiger partial charge < -0.3 is 19.9 Å². The van der Waals surface area contributed by atoms with Gasteiger partial charge in [0.2, 0.25) is 0 Å². The first-order valence-corrected chi connectivity index (χ1v) is 10.6. The van der Waals surface area contributed by atoms with Crippen molar-refractivity contribution in [3.05, 3.63) is 71.1 Å². The Morgan fingerprint density at radius 2 is 1.75 bits per heavy atom. The number of rotatable bonds is 10. The van der Waals surface area contributed by atoms with Crippen LogP contribution < -0.4 is 5.32 Å². The Hall–Kier alpha value is -3.72. The zero-order valence-electron chi connectivity index (χ0n) is 17.0. The molecule has 3 aromatic rings. The number of fused-ring (bicyclic) bond motifs is 1. The van der Waals surface area contributed by atoms with Crippen molar-refractivity contribution in [3.8, 4) is 0 Å². The normalized spacial score (nSPS) is 11.5. The fourth-order valence-electron chi connectivity index (χ4n) is 3.00. The number of nitrogens with one attached hydrogen (secondary N) is 1. The lowest BCUT2D eigenvalue weighted by atomic mass is 10.1. The molecule has 1 amide bonds. The van der Waals surface area contributed by atoms with E-state index in [0.29, 0.717) is 0 Å². The highest BCUT2D eigenvalue weighted by molar-refractivity contribution is 7.17. The van der Waals surface area contributed by atoms with E-state index in [9.17, 15) is 19.2 Å². The van der Waals surface area contributed by atoms with Gasteiger partial charge in [-0.2, -0.15) is 0 Å². The van der Waals surface area contributed by atoms with Crippen molar-refractivity contribution < 1.29 is 33.8 Å². The Balaban J connectivity index is 1.52. The van der Waals surface area contributed by atoms with E-state index in [4.69, 9.17) is 14.6 Å². The van der Waals surface area contributed by atoms with Crippen molar-refractivity contribution in [3.63, 3.8) is 0 Å². The summed E-state index contributed by atoms with van der Waals surface area (Å²) in [6.45, 7) is -0.695. The molecule has 0 aliphatic rings. The first kappa shape index (κ1) is 23.0. The predicted molar refractivity (Wildman–Crippen MR) is 117 cm³/mol. The number of carboxylic acids is 1. The number of thiophene rings is 1. The summed E-state index contributed by atoms with van der Waals surface area (Å²) in [5, 5.41) is 14.1. The molecule has 9 heteroatoms. The van der Waals surface area contributed by atoms with Crippen LogP contribution in [0, 0.1) is 0 Å². The molecular weight excluding hydrogens is 434 g/mol. The Labute approximate surface area is 187 Å². The van der Waals surface area contributed by atoms with E-state index in [1.54, 1.807) is 41.7 Å². The third-order valence-electron chi connectivity index (χ3n) is 4.57. The van der Waals surface area contributed by atoms with Crippen molar-refractivity contribution in [2.45, 2.75) is 25.5 Å². The molecule has 0 saturated heterocycles. The molecular formula is C23H21NO7S. The van der Waals surface area contributed by atoms with Crippen LogP contribution in [-0.2, 0) is 36.9 Å². The summed E-state index contributed by atoms with van der Waals surface area (Å²) in [7, 11) is 0. The predicted octanol–water partition coefficient (Wildman–Crippen LogP) is 3.33. The zero-order valence-corrected chi connectivity index (χ0v) is 17.8. The number of esters is 1. The standard InChI is InChI=1S/C23H21NO7S/c25-19(14-30-22(28)11-16-7-4-8-20-17(16)9-10-32-20)18(12-21(26)27)24-23(29)31-13-15-5-2-1-3-6-15/h1-10,18H,11-14H2,(H,24,29)(H,26,27). The molecule has 0 aliphatic carbocycles. The van der Waals surface area contributed by atoms with E-state index in [1.807, 2.05) is 29.6 Å². The Kier molecular flexibility index (Phi) is 7.93. The fraction of sp³-hybridized carbons (Fsp3) is 0.217. The van der Waals surface area contributed by atoms with Gasteiger partial charge in [0.05, 0.1) is 12.8 Å². The number of ether oxygens (including phenoxy) is 2. The van der Waals surface area contributed by atoms with E-state index < -0.39 is 42.9 Å². The number of carbonyl (C=O) groups is 4. The monoisotopic (exact) mass is 455 g/mol. The lowest BCUT2D eigenvalue weighted by Gasteiger charge is -2.16. The van der Waals surface area contributed by atoms with Gasteiger partial charge in [-0.15, -0.1) is 11.3 Å². The van der Waals surface area contributed by atoms with Crippen LogP contribution in [0.15, 0.2) is 60.0 Å². The maximum absolute atomic E-state index is 12.4. The topological polar surface area (TPSA) is 119 Å². The highest BCUT2D eigenvalue weighted by Crippen LogP contribution is 2.24. The smallest absolute Gasteiger partial charge is 0.408 e. The lowest BCUT2D eigenvalue weighted by Crippen LogP contribution is -2.44. The summed E-state index contributed by atoms with van der Waals surface area (Å²) >= 11 is 1.55. The Morgan fingerprint density at radius 3 is 2.50 bits per heavy atom. The minimum atomic E-state index is -1.39. The molecule has 8 nitrogen and oxygen atoms in total. The van der Waals surface area contributed by atoms with Gasteiger partial charge in [0.15, 0.2) is 12.4 Å². The van der Waals surface area contributed by atoms with E-state index >= 15 is 0 Å². The minimum absolute atomic E-state index is 0.0303. The third kappa shape index (κ3) is 6.64. The molecule has 2 aromatic carbocycles. The summed E-state index contributed by atoms with van der Waals surface area (Å²) in [5.74, 6) is -2.66. The highest BCUT2D eigenvalue weighted by Gasteiger charge is 2.25. The zero-order chi connectivity index (χ0) is 22.9. The molecule has 32 heavy (non-hydrogen) atoms. The molecule has 0 aliphatic heterocycles. The fourth-order valence-corrected chi connectivity index (χ4v) is 3.83. The van der Waals surface area contributed by atoms with Crippen LogP contribution in [0.3, 0.4) is 0 Å². The molecule has 166 valence electrons. The largest absolute Gasteiger partial charge is 0.481 e. The molecule has 3 rings (SSSR count). The number of ketones is 1. The second-order valence-corrected chi connectivity index (χ2v) is 7.86. The van der Waals surface area contributed by atoms with Gasteiger partial charge in [0.25, 0.3) is 0 Å². The number of amides is 1. The number of Topliss-reactive ketones (excluding diaryl/α,β-unsaturated/α-hetero) is 1. The highest BCUT2D eigenvalue weighted by atomic mass is 32.1. The summed E-state index contributed by atoms with van der Waals surface area (Å²) < 4.78 is 11.1. The maximum Gasteiger partial charge on any atom is 0.408 e. The van der Waals surface area contributed by atoms with Crippen molar-refractivity contribution in [1.82, 2.24) is 5.32 Å². The van der Waals surface area contributed by atoms with Gasteiger partial charge in [0, 0.05) is 4.70 Å². The SMILES string of the molecule is O=C(O)CC(NC(=O)OCc1ccccc1)C(=O)COC(=O)Cc1cccc2sccc12. The van der Waals surface area contributed by atoms with Crippen LogP contribution >= 0.6 is 11.3 Å². The van der Waals surface area contributed by atoms with E-state index in [0.717, 1.165) is 21.2 Å². The van der Waals surface area contributed by atoms with Crippen LogP contribution in [0.4, 0.5) is 4.79 Å². The number of carbonyl (C=O) groups excluding carboxylic acids is 3. The van der Waals surface area contributed by atoms with E-state index in [-0.39, 0.29) is 13.0 Å². The van der Waals surface area contributed by atoms with Crippen molar-refractivity contribution in [2.75, 3.05) is 6.61 Å². The van der Waals surface area contributed by atoms with Crippen molar-refractivity contribution in [2.24, 2.45) is 0 Å². The molecule has 1 heterocycles. The summed E-state index contributed by atoms with van der Waals surface area (Å²) in [6, 6.07) is 15.0. The average molecular weight is 455 g/mol. The molecule has 1 unspecified atom stereocenters. The second kappa shape index (κ2) is 11.1. The number of benzene rings is 2. The first-order chi connectivity index (χ1) is 15.4. The van der Waals surface area contributed by atoms with Gasteiger partial charge in [-0.05, 0) is 34.0 Å². The summed E-state index contributed by atoms with van der Waals surface area (Å²) in [5.41, 5.74) is 1.50. The van der Waals surface area contributed by atoms with Gasteiger partial charge >= 0.3 is 18.0 Å². The molecule has 0 bridgehead atoms. The molecule has 1 atom stereocenters. The quantitative estimate of drug-likeness (QED) is 0.450. The lowest BCUT2D eigenvalue weighted by molar-refractivity contribution is -0.148. The Morgan fingerprint density at radius 1 is 0.969 bits per heavy atom. The van der Waals surface area contributed by atoms with Gasteiger partial charge in [0.1, 0.15) is 12.6 Å². The molecule has 0 saturated carbocycles. The van der Waals surface area contributed by atoms with Crippen LogP contribution in [0.1, 0.15) is 17.5 Å². The van der Waals surface area contributed by atoms with E-state index in [1.165, 1.54) is 0 Å². The van der Waals surface area contributed by atoms with Gasteiger partial charge in [-0.25, -0.2) is 4.79 Å². The average Bonchev–Trinajstić information content (AvgIpc) is 3.26. The first-order valence-electron chi connectivity index (χ1n) is 9.75. The Bertz CT molecular complexity index is 1110. The second-order valence-electron chi connectivity index (χ2n) is 6.91. The number of carboxylic acid groups (broad SMARTS) is 1.